The summed E-state index contributed by atoms with van der Waals surface area (Å²) in [5, 5.41) is 1.56. The van der Waals surface area contributed by atoms with Crippen molar-refractivity contribution in [2.24, 2.45) is 5.92 Å². The fourth-order valence-corrected chi connectivity index (χ4v) is 2.50. The van der Waals surface area contributed by atoms with E-state index in [1.54, 1.807) is 6.92 Å². The normalized spacial score (nSPS) is 17.3. The number of hydrogen-bond donors (Lipinski definition) is 1. The third kappa shape index (κ3) is 3.59. The molecule has 0 aromatic carbocycles. The number of halogens is 3. The van der Waals surface area contributed by atoms with Crippen LogP contribution in [0.15, 0.2) is 5.38 Å². The Balaban J connectivity index is 2.18. The van der Waals surface area contributed by atoms with Crippen LogP contribution in [0.1, 0.15) is 30.3 Å². The maximum absolute atomic E-state index is 12.6. The molecule has 8 heteroatoms. The van der Waals surface area contributed by atoms with Gasteiger partial charge in [0.2, 0.25) is 0 Å². The summed E-state index contributed by atoms with van der Waals surface area (Å²) >= 11 is 1.04. The van der Waals surface area contributed by atoms with Crippen molar-refractivity contribution >= 4 is 22.4 Å². The fraction of sp³-hybridized carbons (Fsp3) is 0.636. The molecule has 0 aliphatic heterocycles. The molecule has 2 N–H and O–H groups in total. The molecule has 1 aliphatic carbocycles. The van der Waals surface area contributed by atoms with Gasteiger partial charge in [0.25, 0.3) is 5.91 Å². The summed E-state index contributed by atoms with van der Waals surface area (Å²) in [6.45, 7) is 0.401. The molecule has 1 aromatic rings. The van der Waals surface area contributed by atoms with Gasteiger partial charge in [-0.2, -0.15) is 13.2 Å². The number of carbonyl (C=O) groups is 1. The molecule has 0 radical (unpaired) electrons. The van der Waals surface area contributed by atoms with Gasteiger partial charge in [0.1, 0.15) is 12.2 Å². The summed E-state index contributed by atoms with van der Waals surface area (Å²) in [5.41, 5.74) is 5.39. The van der Waals surface area contributed by atoms with Gasteiger partial charge in [0.05, 0.1) is 0 Å². The topological polar surface area (TPSA) is 59.2 Å². The number of rotatable bonds is 4. The molecule has 1 saturated carbocycles. The summed E-state index contributed by atoms with van der Waals surface area (Å²) < 4.78 is 37.8. The van der Waals surface area contributed by atoms with E-state index in [0.29, 0.717) is 0 Å². The highest BCUT2D eigenvalue weighted by atomic mass is 32.1. The van der Waals surface area contributed by atoms with Crippen LogP contribution in [0.25, 0.3) is 0 Å². The first-order valence-electron chi connectivity index (χ1n) is 5.86. The molecule has 106 valence electrons. The van der Waals surface area contributed by atoms with Crippen molar-refractivity contribution < 1.29 is 18.0 Å². The summed E-state index contributed by atoms with van der Waals surface area (Å²) in [4.78, 5) is 16.7. The van der Waals surface area contributed by atoms with Crippen LogP contribution in [0.3, 0.4) is 0 Å². The summed E-state index contributed by atoms with van der Waals surface area (Å²) in [5.74, 6) is -0.549. The lowest BCUT2D eigenvalue weighted by Crippen LogP contribution is -2.45. The standard InChI is InChI=1S/C11H14F3N3OS/c1-6(7-2-3-7)17(5-11(12,13)14)9(18)8-4-19-10(15)16-8/h4,6-7H,2-3,5H2,1H3,(H2,15,16). The SMILES string of the molecule is CC(C1CC1)N(CC(F)(F)F)C(=O)c1csc(N)n1. The quantitative estimate of drug-likeness (QED) is 0.928. The Bertz CT molecular complexity index is 470. The maximum Gasteiger partial charge on any atom is 0.406 e. The fourth-order valence-electron chi connectivity index (χ4n) is 1.96. The lowest BCUT2D eigenvalue weighted by molar-refractivity contribution is -0.144. The third-order valence-corrected chi connectivity index (χ3v) is 3.82. The molecule has 0 spiro atoms. The number of nitrogens with two attached hydrogens (primary N) is 1. The zero-order valence-corrected chi connectivity index (χ0v) is 11.1. The number of alkyl halides is 3. The first-order valence-corrected chi connectivity index (χ1v) is 6.74. The zero-order chi connectivity index (χ0) is 14.2. The highest BCUT2D eigenvalue weighted by Gasteiger charge is 2.41. The van der Waals surface area contributed by atoms with E-state index in [-0.39, 0.29) is 16.7 Å². The van der Waals surface area contributed by atoms with E-state index in [4.69, 9.17) is 5.73 Å². The smallest absolute Gasteiger partial charge is 0.375 e. The van der Waals surface area contributed by atoms with Crippen LogP contribution < -0.4 is 5.73 Å². The highest BCUT2D eigenvalue weighted by Crippen LogP contribution is 2.36. The molecule has 0 bridgehead atoms. The van der Waals surface area contributed by atoms with Crippen molar-refractivity contribution in [2.45, 2.75) is 32.0 Å². The second kappa shape index (κ2) is 4.99. The zero-order valence-electron chi connectivity index (χ0n) is 10.3. The van der Waals surface area contributed by atoms with E-state index in [1.807, 2.05) is 0 Å². The number of amides is 1. The molecule has 4 nitrogen and oxygen atoms in total. The van der Waals surface area contributed by atoms with Crippen molar-refractivity contribution in [1.82, 2.24) is 9.88 Å². The Hall–Kier alpha value is -1.31. The van der Waals surface area contributed by atoms with Gasteiger partial charge in [-0.05, 0) is 25.7 Å². The molecule has 1 heterocycles. The molecule has 1 aromatic heterocycles. The van der Waals surface area contributed by atoms with Crippen molar-refractivity contribution in [1.29, 1.82) is 0 Å². The largest absolute Gasteiger partial charge is 0.406 e. The van der Waals surface area contributed by atoms with Gasteiger partial charge in [-0.25, -0.2) is 4.98 Å². The molecule has 1 unspecified atom stereocenters. The first-order chi connectivity index (χ1) is 8.78. The number of thiazole rings is 1. The van der Waals surface area contributed by atoms with Crippen LogP contribution in [-0.2, 0) is 0 Å². The van der Waals surface area contributed by atoms with E-state index in [0.717, 1.165) is 29.1 Å². The molecular weight excluding hydrogens is 279 g/mol. The second-order valence-electron chi connectivity index (χ2n) is 4.70. The van der Waals surface area contributed by atoms with E-state index >= 15 is 0 Å². The first kappa shape index (κ1) is 14.1. The predicted molar refractivity (Wildman–Crippen MR) is 65.8 cm³/mol. The average Bonchev–Trinajstić information content (AvgIpc) is 3.06. The monoisotopic (exact) mass is 293 g/mol. The van der Waals surface area contributed by atoms with Crippen LogP contribution >= 0.6 is 11.3 Å². The lowest BCUT2D eigenvalue weighted by atomic mass is 10.1. The minimum atomic E-state index is -4.42. The van der Waals surface area contributed by atoms with Gasteiger partial charge in [-0.3, -0.25) is 4.79 Å². The molecule has 1 fully saturated rings. The Labute approximate surface area is 112 Å². The summed E-state index contributed by atoms with van der Waals surface area (Å²) in [7, 11) is 0. The minimum absolute atomic E-state index is 0.0146. The van der Waals surface area contributed by atoms with Crippen LogP contribution in [0, 0.1) is 5.92 Å². The number of nitrogen functional groups attached to an aromatic ring is 1. The lowest BCUT2D eigenvalue weighted by Gasteiger charge is -2.29. The van der Waals surface area contributed by atoms with Gasteiger partial charge in [0, 0.05) is 11.4 Å². The molecule has 2 rings (SSSR count). The van der Waals surface area contributed by atoms with Gasteiger partial charge >= 0.3 is 6.18 Å². The maximum atomic E-state index is 12.6. The number of anilines is 1. The summed E-state index contributed by atoms with van der Waals surface area (Å²) in [6, 6.07) is -0.433. The molecular formula is C11H14F3N3OS. The van der Waals surface area contributed by atoms with Crippen molar-refractivity contribution in [3.63, 3.8) is 0 Å². The predicted octanol–water partition coefficient (Wildman–Crippen LogP) is 2.53. The number of nitrogens with zero attached hydrogens (tertiary/aromatic N) is 2. The van der Waals surface area contributed by atoms with E-state index < -0.39 is 24.7 Å². The van der Waals surface area contributed by atoms with Gasteiger partial charge < -0.3 is 10.6 Å². The molecule has 1 atom stereocenters. The van der Waals surface area contributed by atoms with Crippen molar-refractivity contribution in [2.75, 3.05) is 12.3 Å². The van der Waals surface area contributed by atoms with E-state index in [2.05, 4.69) is 4.98 Å². The van der Waals surface area contributed by atoms with Crippen molar-refractivity contribution in [3.05, 3.63) is 11.1 Å². The van der Waals surface area contributed by atoms with Crippen LogP contribution in [0.5, 0.6) is 0 Å². The third-order valence-electron chi connectivity index (χ3n) is 3.15. The average molecular weight is 293 g/mol. The van der Waals surface area contributed by atoms with Crippen LogP contribution in [0.4, 0.5) is 18.3 Å². The second-order valence-corrected chi connectivity index (χ2v) is 5.59. The Morgan fingerprint density at radius 1 is 1.63 bits per heavy atom. The number of carbonyl (C=O) groups excluding carboxylic acids is 1. The van der Waals surface area contributed by atoms with E-state index in [9.17, 15) is 18.0 Å². The Kier molecular flexibility index (Phi) is 3.71. The van der Waals surface area contributed by atoms with Gasteiger partial charge in [-0.15, -0.1) is 11.3 Å². The molecule has 1 aliphatic rings. The summed E-state index contributed by atoms with van der Waals surface area (Å²) in [6.07, 6.45) is -2.69. The van der Waals surface area contributed by atoms with Crippen LogP contribution in [0.2, 0.25) is 0 Å². The number of hydrogen-bond acceptors (Lipinski definition) is 4. The van der Waals surface area contributed by atoms with Gasteiger partial charge in [-0.1, -0.05) is 0 Å². The number of aromatic nitrogens is 1. The van der Waals surface area contributed by atoms with Crippen LogP contribution in [-0.4, -0.2) is 34.6 Å². The highest BCUT2D eigenvalue weighted by molar-refractivity contribution is 7.13. The molecule has 19 heavy (non-hydrogen) atoms. The molecule has 1 amide bonds. The van der Waals surface area contributed by atoms with E-state index in [1.165, 1.54) is 5.38 Å². The van der Waals surface area contributed by atoms with Crippen molar-refractivity contribution in [3.8, 4) is 0 Å². The molecule has 0 saturated heterocycles. The Morgan fingerprint density at radius 3 is 2.68 bits per heavy atom. The van der Waals surface area contributed by atoms with Gasteiger partial charge in [0.15, 0.2) is 5.13 Å². The minimum Gasteiger partial charge on any atom is -0.375 e. The Morgan fingerprint density at radius 2 is 2.26 bits per heavy atom.